The molecule has 1 aliphatic rings. The normalized spacial score (nSPS) is 17.8. The lowest BCUT2D eigenvalue weighted by Crippen LogP contribution is -2.37. The Labute approximate surface area is 166 Å². The van der Waals surface area contributed by atoms with E-state index < -0.39 is 15.4 Å². The zero-order valence-electron chi connectivity index (χ0n) is 16.3. The number of carbonyl (C=O) groups excluding carboxylic acids is 1. The molecule has 0 aliphatic carbocycles. The molecule has 0 spiro atoms. The van der Waals surface area contributed by atoms with E-state index in [0.717, 1.165) is 11.1 Å². The number of nitrogens with zero attached hydrogens (tertiary/aromatic N) is 1. The SMILES string of the molecule is COc1ccc(C2(c3ccc(OC)cc3)CCN(S(C)(=O)=O)CCC2=O)cc1. The monoisotopic (exact) mass is 403 g/mol. The number of sulfonamides is 1. The van der Waals surface area contributed by atoms with Crippen LogP contribution in [0.2, 0.25) is 0 Å². The molecule has 0 unspecified atom stereocenters. The molecular formula is C21H25NO5S. The minimum atomic E-state index is -3.37. The summed E-state index contributed by atoms with van der Waals surface area (Å²) < 4.78 is 36.0. The van der Waals surface area contributed by atoms with Gasteiger partial charge in [-0.3, -0.25) is 4.79 Å². The molecule has 0 atom stereocenters. The Morgan fingerprint density at radius 2 is 1.32 bits per heavy atom. The number of carbonyl (C=O) groups is 1. The van der Waals surface area contributed by atoms with Crippen LogP contribution in [0, 0.1) is 0 Å². The van der Waals surface area contributed by atoms with Gasteiger partial charge in [-0.2, -0.15) is 0 Å². The Hall–Kier alpha value is -2.38. The van der Waals surface area contributed by atoms with Crippen LogP contribution in [-0.2, 0) is 20.2 Å². The van der Waals surface area contributed by atoms with Gasteiger partial charge < -0.3 is 9.47 Å². The molecule has 1 aliphatic heterocycles. The van der Waals surface area contributed by atoms with E-state index in [1.165, 1.54) is 10.6 Å². The van der Waals surface area contributed by atoms with Crippen LogP contribution in [0.15, 0.2) is 48.5 Å². The van der Waals surface area contributed by atoms with Crippen molar-refractivity contribution < 1.29 is 22.7 Å². The average Bonchev–Trinajstić information content (AvgIpc) is 2.88. The summed E-state index contributed by atoms with van der Waals surface area (Å²) in [6.07, 6.45) is 1.72. The zero-order valence-corrected chi connectivity index (χ0v) is 17.2. The summed E-state index contributed by atoms with van der Waals surface area (Å²) in [4.78, 5) is 13.4. The summed E-state index contributed by atoms with van der Waals surface area (Å²) in [7, 11) is -0.183. The van der Waals surface area contributed by atoms with E-state index in [9.17, 15) is 13.2 Å². The molecule has 0 N–H and O–H groups in total. The predicted molar refractivity (Wildman–Crippen MR) is 107 cm³/mol. The van der Waals surface area contributed by atoms with Gasteiger partial charge in [-0.25, -0.2) is 12.7 Å². The van der Waals surface area contributed by atoms with Crippen molar-refractivity contribution >= 4 is 15.8 Å². The van der Waals surface area contributed by atoms with Gasteiger partial charge in [0.25, 0.3) is 0 Å². The van der Waals surface area contributed by atoms with Crippen LogP contribution >= 0.6 is 0 Å². The molecule has 0 aromatic heterocycles. The summed E-state index contributed by atoms with van der Waals surface area (Å²) in [5.41, 5.74) is 0.746. The van der Waals surface area contributed by atoms with Crippen LogP contribution in [0.1, 0.15) is 24.0 Å². The molecule has 1 heterocycles. The second-order valence-corrected chi connectivity index (χ2v) is 8.93. The smallest absolute Gasteiger partial charge is 0.211 e. The van der Waals surface area contributed by atoms with E-state index in [2.05, 4.69) is 0 Å². The topological polar surface area (TPSA) is 72.9 Å². The lowest BCUT2D eigenvalue weighted by molar-refractivity contribution is -0.122. The van der Waals surface area contributed by atoms with Crippen LogP contribution in [-0.4, -0.2) is 52.1 Å². The van der Waals surface area contributed by atoms with Gasteiger partial charge in [-0.1, -0.05) is 24.3 Å². The fourth-order valence-corrected chi connectivity index (χ4v) is 4.69. The van der Waals surface area contributed by atoms with Crippen molar-refractivity contribution in [1.82, 2.24) is 4.31 Å². The van der Waals surface area contributed by atoms with Crippen LogP contribution in [0.25, 0.3) is 0 Å². The highest BCUT2D eigenvalue weighted by Gasteiger charge is 2.44. The molecule has 2 aromatic carbocycles. The van der Waals surface area contributed by atoms with Crippen molar-refractivity contribution in [3.63, 3.8) is 0 Å². The van der Waals surface area contributed by atoms with Gasteiger partial charge in [0.05, 0.1) is 25.9 Å². The van der Waals surface area contributed by atoms with Gasteiger partial charge in [-0.05, 0) is 41.8 Å². The first-order chi connectivity index (χ1) is 13.3. The number of rotatable bonds is 5. The first-order valence-corrected chi connectivity index (χ1v) is 10.9. The number of benzene rings is 2. The van der Waals surface area contributed by atoms with Crippen molar-refractivity contribution in [2.45, 2.75) is 18.3 Å². The van der Waals surface area contributed by atoms with Gasteiger partial charge in [-0.15, -0.1) is 0 Å². The Bertz CT molecular complexity index is 888. The minimum absolute atomic E-state index is 0.00832. The molecule has 0 radical (unpaired) electrons. The van der Waals surface area contributed by atoms with E-state index in [0.29, 0.717) is 17.9 Å². The minimum Gasteiger partial charge on any atom is -0.497 e. The van der Waals surface area contributed by atoms with E-state index in [-0.39, 0.29) is 25.3 Å². The lowest BCUT2D eigenvalue weighted by Gasteiger charge is -2.33. The number of hydrogen-bond donors (Lipinski definition) is 0. The molecule has 28 heavy (non-hydrogen) atoms. The number of Topliss-reactive ketones (excluding diaryl/α,β-unsaturated/α-hetero) is 1. The summed E-state index contributed by atoms with van der Waals surface area (Å²) >= 11 is 0. The Balaban J connectivity index is 2.13. The largest absolute Gasteiger partial charge is 0.497 e. The molecular weight excluding hydrogens is 378 g/mol. The first-order valence-electron chi connectivity index (χ1n) is 9.09. The maximum Gasteiger partial charge on any atom is 0.211 e. The number of methoxy groups -OCH3 is 2. The highest BCUT2D eigenvalue weighted by molar-refractivity contribution is 7.88. The Morgan fingerprint density at radius 1 is 0.857 bits per heavy atom. The summed E-state index contributed by atoms with van der Waals surface area (Å²) in [5, 5.41) is 0. The van der Waals surface area contributed by atoms with Crippen molar-refractivity contribution in [3.05, 3.63) is 59.7 Å². The van der Waals surface area contributed by atoms with E-state index in [1.807, 2.05) is 48.5 Å². The van der Waals surface area contributed by atoms with Crippen LogP contribution < -0.4 is 9.47 Å². The standard InChI is InChI=1S/C21H25NO5S/c1-26-18-8-4-16(5-9-18)21(17-6-10-19(27-2)11-7-17)13-15-22(28(3,24)25)14-12-20(21)23/h4-11H,12-15H2,1-3H3. The summed E-state index contributed by atoms with van der Waals surface area (Å²) in [5.74, 6) is 1.41. The van der Waals surface area contributed by atoms with Gasteiger partial charge in [0.2, 0.25) is 10.0 Å². The second kappa shape index (κ2) is 7.93. The van der Waals surface area contributed by atoms with Crippen molar-refractivity contribution in [1.29, 1.82) is 0 Å². The Morgan fingerprint density at radius 3 is 1.71 bits per heavy atom. The fourth-order valence-electron chi connectivity index (χ4n) is 3.84. The van der Waals surface area contributed by atoms with Gasteiger partial charge in [0, 0.05) is 19.5 Å². The lowest BCUT2D eigenvalue weighted by atomic mass is 9.68. The van der Waals surface area contributed by atoms with Crippen molar-refractivity contribution in [2.24, 2.45) is 0 Å². The number of ether oxygens (including phenoxy) is 2. The van der Waals surface area contributed by atoms with E-state index in [4.69, 9.17) is 9.47 Å². The highest BCUT2D eigenvalue weighted by atomic mass is 32.2. The summed E-state index contributed by atoms with van der Waals surface area (Å²) in [6.45, 7) is 0.481. The molecule has 0 amide bonds. The molecule has 0 saturated carbocycles. The maximum absolute atomic E-state index is 13.4. The third-order valence-corrected chi connectivity index (χ3v) is 6.74. The zero-order chi connectivity index (χ0) is 20.4. The predicted octanol–water partition coefficient (Wildman–Crippen LogP) is 2.61. The average molecular weight is 404 g/mol. The van der Waals surface area contributed by atoms with Gasteiger partial charge in [0.1, 0.15) is 17.3 Å². The maximum atomic E-state index is 13.4. The highest BCUT2D eigenvalue weighted by Crippen LogP contribution is 2.41. The molecule has 6 nitrogen and oxygen atoms in total. The van der Waals surface area contributed by atoms with E-state index in [1.54, 1.807) is 14.2 Å². The molecule has 1 saturated heterocycles. The van der Waals surface area contributed by atoms with Crippen molar-refractivity contribution in [2.75, 3.05) is 33.6 Å². The van der Waals surface area contributed by atoms with Crippen LogP contribution in [0.5, 0.6) is 11.5 Å². The molecule has 3 rings (SSSR count). The number of hydrogen-bond acceptors (Lipinski definition) is 5. The third kappa shape index (κ3) is 3.77. The molecule has 2 aromatic rings. The molecule has 150 valence electrons. The third-order valence-electron chi connectivity index (χ3n) is 5.44. The molecule has 7 heteroatoms. The van der Waals surface area contributed by atoms with E-state index >= 15 is 0 Å². The fraction of sp³-hybridized carbons (Fsp3) is 0.381. The second-order valence-electron chi connectivity index (χ2n) is 6.95. The molecule has 0 bridgehead atoms. The first kappa shape index (κ1) is 20.4. The summed E-state index contributed by atoms with van der Waals surface area (Å²) in [6, 6.07) is 14.8. The van der Waals surface area contributed by atoms with Gasteiger partial charge in [0.15, 0.2) is 0 Å². The van der Waals surface area contributed by atoms with Gasteiger partial charge >= 0.3 is 0 Å². The van der Waals surface area contributed by atoms with Crippen molar-refractivity contribution in [3.8, 4) is 11.5 Å². The quantitative estimate of drug-likeness (QED) is 0.767. The van der Waals surface area contributed by atoms with Crippen LogP contribution in [0.3, 0.4) is 0 Å². The Kier molecular flexibility index (Phi) is 5.76. The van der Waals surface area contributed by atoms with Crippen LogP contribution in [0.4, 0.5) is 0 Å². The number of ketones is 1. The molecule has 1 fully saturated rings.